The average molecular weight is 447 g/mol. The third-order valence-electron chi connectivity index (χ3n) is 4.23. The Morgan fingerprint density at radius 1 is 0.640 bits per heavy atom. The summed E-state index contributed by atoms with van der Waals surface area (Å²) in [5, 5.41) is 0. The molecule has 2 unspecified atom stereocenters. The normalized spacial score (nSPS) is 14.6. The Balaban J connectivity index is 3.37. The van der Waals surface area contributed by atoms with Gasteiger partial charge in [0.15, 0.2) is 12.6 Å². The van der Waals surface area contributed by atoms with E-state index in [0.29, 0.717) is 11.1 Å². The molecule has 0 N–H and O–H groups in total. The number of unbranched alkanes of at least 4 members (excludes halogenated alkanes) is 2. The van der Waals surface area contributed by atoms with E-state index in [1.54, 1.807) is 28.4 Å². The van der Waals surface area contributed by atoms with Crippen molar-refractivity contribution in [3.05, 3.63) is 0 Å². The summed E-state index contributed by atoms with van der Waals surface area (Å²) in [4.78, 5) is 0. The van der Waals surface area contributed by atoms with Gasteiger partial charge >= 0.3 is 0 Å². The van der Waals surface area contributed by atoms with Crippen molar-refractivity contribution in [2.45, 2.75) is 62.2 Å². The van der Waals surface area contributed by atoms with E-state index in [1.165, 1.54) is 50.0 Å². The van der Waals surface area contributed by atoms with E-state index >= 15 is 0 Å². The van der Waals surface area contributed by atoms with Crippen molar-refractivity contribution >= 4 is 51.9 Å². The molecule has 0 spiro atoms. The maximum absolute atomic E-state index is 5.33. The second kappa shape index (κ2) is 18.7. The minimum absolute atomic E-state index is 0.00214. The lowest BCUT2D eigenvalue weighted by molar-refractivity contribution is -0.106. The molecule has 0 radical (unpaired) electrons. The predicted molar refractivity (Wildman–Crippen MR) is 123 cm³/mol. The van der Waals surface area contributed by atoms with Gasteiger partial charge < -0.3 is 18.9 Å². The second-order valence-electron chi connectivity index (χ2n) is 6.34. The summed E-state index contributed by atoms with van der Waals surface area (Å²) in [5.74, 6) is 2.48. The molecule has 0 fully saturated rings. The van der Waals surface area contributed by atoms with E-state index in [4.69, 9.17) is 18.9 Å². The SMILES string of the molecule is COC(OC)C([SiH3])CCCCSSSCCCCC([SiH3])C(OC)OC. The van der Waals surface area contributed by atoms with Crippen molar-refractivity contribution in [2.24, 2.45) is 0 Å². The van der Waals surface area contributed by atoms with Gasteiger partial charge in [-0.2, -0.15) is 0 Å². The Hall–Kier alpha value is 1.32. The van der Waals surface area contributed by atoms with E-state index in [0.717, 1.165) is 20.5 Å². The Kier molecular flexibility index (Phi) is 19.7. The van der Waals surface area contributed by atoms with Gasteiger partial charge in [-0.1, -0.05) is 34.4 Å². The van der Waals surface area contributed by atoms with Crippen LogP contribution < -0.4 is 0 Å². The maximum atomic E-state index is 5.33. The lowest BCUT2D eigenvalue weighted by Crippen LogP contribution is -2.20. The van der Waals surface area contributed by atoms with E-state index in [1.807, 2.05) is 31.4 Å². The van der Waals surface area contributed by atoms with Crippen molar-refractivity contribution in [3.8, 4) is 0 Å². The zero-order chi connectivity index (χ0) is 18.9. The Labute approximate surface area is 172 Å². The van der Waals surface area contributed by atoms with Gasteiger partial charge in [-0.15, -0.1) is 0 Å². The molecule has 0 aromatic heterocycles. The highest BCUT2D eigenvalue weighted by atomic mass is 33.5. The Bertz CT molecular complexity index is 260. The van der Waals surface area contributed by atoms with E-state index < -0.39 is 0 Å². The summed E-state index contributed by atoms with van der Waals surface area (Å²) < 4.78 is 21.3. The van der Waals surface area contributed by atoms with Gasteiger partial charge in [0.1, 0.15) is 0 Å². The van der Waals surface area contributed by atoms with Gasteiger partial charge in [-0.3, -0.25) is 0 Å². The first kappa shape index (κ1) is 26.3. The first-order chi connectivity index (χ1) is 12.1. The van der Waals surface area contributed by atoms with Crippen LogP contribution in [0.4, 0.5) is 0 Å². The van der Waals surface area contributed by atoms with Gasteiger partial charge in [-0.25, -0.2) is 0 Å². The summed E-state index contributed by atoms with van der Waals surface area (Å²) in [6.45, 7) is 0. The molecule has 0 bridgehead atoms. The molecule has 0 aliphatic rings. The minimum atomic E-state index is -0.00214. The molecule has 9 heteroatoms. The molecule has 0 aliphatic carbocycles. The smallest absolute Gasteiger partial charge is 0.156 e. The van der Waals surface area contributed by atoms with Gasteiger partial charge in [0.05, 0.1) is 0 Å². The fraction of sp³-hybridized carbons (Fsp3) is 1.00. The summed E-state index contributed by atoms with van der Waals surface area (Å²) >= 11 is 0. The average Bonchev–Trinajstić information content (AvgIpc) is 2.61. The third-order valence-corrected chi connectivity index (χ3v) is 10.9. The molecule has 0 rings (SSSR count). The second-order valence-corrected chi connectivity index (χ2v) is 13.8. The van der Waals surface area contributed by atoms with Crippen LogP contribution in [-0.2, 0) is 18.9 Å². The molecular weight excluding hydrogens is 409 g/mol. The lowest BCUT2D eigenvalue weighted by Gasteiger charge is -2.20. The van der Waals surface area contributed by atoms with Crippen LogP contribution in [0.3, 0.4) is 0 Å². The number of hydrogen-bond acceptors (Lipinski definition) is 7. The van der Waals surface area contributed by atoms with Crippen molar-refractivity contribution in [1.29, 1.82) is 0 Å². The van der Waals surface area contributed by atoms with Crippen LogP contribution >= 0.6 is 31.4 Å². The molecule has 0 aromatic carbocycles. The largest absolute Gasteiger partial charge is 0.356 e. The van der Waals surface area contributed by atoms with Crippen LogP contribution in [-0.4, -0.2) is 73.0 Å². The highest BCUT2D eigenvalue weighted by molar-refractivity contribution is 9.09. The molecular formula is C16H38O4S3Si2. The standard InChI is InChI=1S/C16H38O4S3Si2/c1-17-15(18-2)13(24)9-5-7-11-21-23-22-12-8-6-10-14(25)16(19-3)20-4/h13-16H,5-12H2,1-4,24-25H3. The lowest BCUT2D eigenvalue weighted by atomic mass is 10.2. The third kappa shape index (κ3) is 14.0. The van der Waals surface area contributed by atoms with Gasteiger partial charge in [0, 0.05) is 60.4 Å². The van der Waals surface area contributed by atoms with Gasteiger partial charge in [-0.05, 0) is 46.6 Å². The van der Waals surface area contributed by atoms with E-state index in [9.17, 15) is 0 Å². The molecule has 25 heavy (non-hydrogen) atoms. The summed E-state index contributed by atoms with van der Waals surface area (Å²) in [6, 6.07) is 0. The highest BCUT2D eigenvalue weighted by Gasteiger charge is 2.15. The quantitative estimate of drug-likeness (QED) is 0.139. The Morgan fingerprint density at radius 2 is 1.00 bits per heavy atom. The summed E-state index contributed by atoms with van der Waals surface area (Å²) in [5.41, 5.74) is 1.20. The molecule has 4 nitrogen and oxygen atoms in total. The van der Waals surface area contributed by atoms with Crippen LogP contribution in [0.25, 0.3) is 0 Å². The van der Waals surface area contributed by atoms with E-state index in [2.05, 4.69) is 0 Å². The number of hydrogen-bond donors (Lipinski definition) is 0. The molecule has 0 amide bonds. The fourth-order valence-corrected chi connectivity index (χ4v) is 8.66. The zero-order valence-electron chi connectivity index (χ0n) is 16.8. The van der Waals surface area contributed by atoms with E-state index in [-0.39, 0.29) is 12.6 Å². The molecule has 152 valence electrons. The number of rotatable bonds is 18. The van der Waals surface area contributed by atoms with Crippen molar-refractivity contribution in [2.75, 3.05) is 39.9 Å². The van der Waals surface area contributed by atoms with Crippen molar-refractivity contribution in [3.63, 3.8) is 0 Å². The van der Waals surface area contributed by atoms with Crippen molar-refractivity contribution in [1.82, 2.24) is 0 Å². The molecule has 0 heterocycles. The van der Waals surface area contributed by atoms with Gasteiger partial charge in [0.25, 0.3) is 0 Å². The van der Waals surface area contributed by atoms with Crippen LogP contribution in [0.15, 0.2) is 0 Å². The molecule has 0 saturated carbocycles. The van der Waals surface area contributed by atoms with Crippen molar-refractivity contribution < 1.29 is 18.9 Å². The number of ether oxygens (including phenoxy) is 4. The summed E-state index contributed by atoms with van der Waals surface area (Å²) in [6.07, 6.45) is 7.57. The van der Waals surface area contributed by atoms with Crippen LogP contribution in [0.5, 0.6) is 0 Å². The molecule has 2 atom stereocenters. The monoisotopic (exact) mass is 446 g/mol. The first-order valence-corrected chi connectivity index (χ1v) is 15.3. The van der Waals surface area contributed by atoms with Crippen LogP contribution in [0, 0.1) is 0 Å². The highest BCUT2D eigenvalue weighted by Crippen LogP contribution is 2.36. The topological polar surface area (TPSA) is 36.9 Å². The zero-order valence-corrected chi connectivity index (χ0v) is 23.3. The minimum Gasteiger partial charge on any atom is -0.356 e. The number of methoxy groups -OCH3 is 4. The first-order valence-electron chi connectivity index (χ1n) is 9.12. The maximum Gasteiger partial charge on any atom is 0.156 e. The molecule has 0 aromatic rings. The van der Waals surface area contributed by atoms with Gasteiger partial charge in [0.2, 0.25) is 0 Å². The fourth-order valence-electron chi connectivity index (χ4n) is 2.75. The molecule has 0 aliphatic heterocycles. The molecule has 0 saturated heterocycles. The Morgan fingerprint density at radius 3 is 1.32 bits per heavy atom. The van der Waals surface area contributed by atoms with Crippen LogP contribution in [0.1, 0.15) is 38.5 Å². The predicted octanol–water partition coefficient (Wildman–Crippen LogP) is 2.90. The summed E-state index contributed by atoms with van der Waals surface area (Å²) in [7, 11) is 15.1. The van der Waals surface area contributed by atoms with Crippen LogP contribution in [0.2, 0.25) is 11.1 Å².